The Hall–Kier alpha value is -1.50. The average molecular weight is 304 g/mol. The van der Waals surface area contributed by atoms with Gasteiger partial charge in [0.25, 0.3) is 0 Å². The Kier molecular flexibility index (Phi) is 4.56. The van der Waals surface area contributed by atoms with Gasteiger partial charge in [0.1, 0.15) is 5.75 Å². The number of anilines is 1. The molecule has 1 aromatic rings. The average Bonchev–Trinajstić information content (AvgIpc) is 2.62. The highest BCUT2D eigenvalue weighted by molar-refractivity contribution is 6.55. The molecule has 2 rings (SSSR count). The molecule has 0 atom stereocenters. The lowest BCUT2D eigenvalue weighted by molar-refractivity contribution is 0.00578. The van der Waals surface area contributed by atoms with Crippen LogP contribution < -0.4 is 11.1 Å². The molecule has 1 heterocycles. The van der Waals surface area contributed by atoms with Crippen LogP contribution in [0.2, 0.25) is 0 Å². The second-order valence-electron chi connectivity index (χ2n) is 6.66. The number of aromatic hydroxyl groups is 1. The number of nitrogens with two attached hydrogens (primary N) is 1. The fraction of sp³-hybridized carbons (Fsp3) is 0.500. The van der Waals surface area contributed by atoms with Gasteiger partial charge in [-0.15, -0.1) is 0 Å². The maximum Gasteiger partial charge on any atom is 0.491 e. The van der Waals surface area contributed by atoms with E-state index in [4.69, 9.17) is 15.0 Å². The molecule has 0 aliphatic carbocycles. The molecule has 4 N–H and O–H groups in total. The van der Waals surface area contributed by atoms with Crippen molar-refractivity contribution in [3.05, 3.63) is 29.2 Å². The summed E-state index contributed by atoms with van der Waals surface area (Å²) in [6, 6.07) is 5.13. The van der Waals surface area contributed by atoms with Crippen molar-refractivity contribution in [2.24, 2.45) is 0 Å². The van der Waals surface area contributed by atoms with Gasteiger partial charge >= 0.3 is 7.12 Å². The van der Waals surface area contributed by atoms with Crippen LogP contribution in [-0.2, 0) is 9.31 Å². The first kappa shape index (κ1) is 16.9. The van der Waals surface area contributed by atoms with Crippen LogP contribution in [-0.4, -0.2) is 37.0 Å². The Morgan fingerprint density at radius 2 is 1.86 bits per heavy atom. The molecule has 0 spiro atoms. The minimum Gasteiger partial charge on any atom is -0.506 e. The fourth-order valence-corrected chi connectivity index (χ4v) is 2.28. The monoisotopic (exact) mass is 304 g/mol. The van der Waals surface area contributed by atoms with E-state index in [1.807, 2.05) is 46.9 Å². The summed E-state index contributed by atoms with van der Waals surface area (Å²) in [6.45, 7) is 8.76. The maximum atomic E-state index is 9.52. The number of hydrogen-bond acceptors (Lipinski definition) is 5. The third-order valence-corrected chi connectivity index (χ3v) is 4.34. The maximum absolute atomic E-state index is 9.52. The highest BCUT2D eigenvalue weighted by Crippen LogP contribution is 2.38. The molecule has 0 saturated carbocycles. The fourth-order valence-electron chi connectivity index (χ4n) is 2.28. The quantitative estimate of drug-likeness (QED) is 0.452. The summed E-state index contributed by atoms with van der Waals surface area (Å²) in [4.78, 5) is 0. The van der Waals surface area contributed by atoms with Crippen LogP contribution in [0.3, 0.4) is 0 Å². The molecule has 1 aliphatic rings. The van der Waals surface area contributed by atoms with Gasteiger partial charge in [-0.05, 0) is 57.9 Å². The molecule has 0 amide bonds. The second kappa shape index (κ2) is 5.95. The Morgan fingerprint density at radius 3 is 2.36 bits per heavy atom. The summed E-state index contributed by atoms with van der Waals surface area (Å²) in [5, 5.41) is 12.7. The van der Waals surface area contributed by atoms with Crippen molar-refractivity contribution in [1.82, 2.24) is 5.32 Å². The van der Waals surface area contributed by atoms with Gasteiger partial charge in [0.05, 0.1) is 16.9 Å². The van der Waals surface area contributed by atoms with Crippen molar-refractivity contribution in [2.75, 3.05) is 19.3 Å². The van der Waals surface area contributed by atoms with Crippen molar-refractivity contribution in [3.63, 3.8) is 0 Å². The van der Waals surface area contributed by atoms with Crippen LogP contribution in [0.5, 0.6) is 5.75 Å². The Balaban J connectivity index is 2.31. The summed E-state index contributed by atoms with van der Waals surface area (Å²) in [7, 11) is 1.47. The predicted molar refractivity (Wildman–Crippen MR) is 90.5 cm³/mol. The molecule has 22 heavy (non-hydrogen) atoms. The van der Waals surface area contributed by atoms with Gasteiger partial charge in [0, 0.05) is 6.54 Å². The number of nitrogen functional groups attached to an aromatic ring is 1. The van der Waals surface area contributed by atoms with Crippen LogP contribution >= 0.6 is 0 Å². The minimum absolute atomic E-state index is 0.0861. The molecule has 6 heteroatoms. The van der Waals surface area contributed by atoms with Crippen molar-refractivity contribution >= 4 is 18.9 Å². The van der Waals surface area contributed by atoms with Gasteiger partial charge < -0.3 is 25.5 Å². The van der Waals surface area contributed by atoms with Gasteiger partial charge in [-0.2, -0.15) is 0 Å². The van der Waals surface area contributed by atoms with Gasteiger partial charge in [-0.1, -0.05) is 12.1 Å². The number of benzene rings is 1. The zero-order valence-electron chi connectivity index (χ0n) is 13.9. The van der Waals surface area contributed by atoms with Crippen LogP contribution in [0, 0.1) is 0 Å². The number of phenols is 1. The van der Waals surface area contributed by atoms with E-state index in [1.54, 1.807) is 12.1 Å². The van der Waals surface area contributed by atoms with Crippen LogP contribution in [0.4, 0.5) is 5.69 Å². The first-order valence-electron chi connectivity index (χ1n) is 7.45. The van der Waals surface area contributed by atoms with E-state index < -0.39 is 7.12 Å². The SMILES string of the molecule is CNCC(=Cc1ccc(O)c(N)c1)B1OC(C)(C)C(C)(C)O1. The lowest BCUT2D eigenvalue weighted by atomic mass is 9.77. The van der Waals surface area contributed by atoms with E-state index in [0.29, 0.717) is 12.2 Å². The van der Waals surface area contributed by atoms with Gasteiger partial charge in [0.2, 0.25) is 0 Å². The third kappa shape index (κ3) is 3.29. The van der Waals surface area contributed by atoms with E-state index in [0.717, 1.165) is 11.0 Å². The van der Waals surface area contributed by atoms with E-state index >= 15 is 0 Å². The number of nitrogens with one attached hydrogen (secondary N) is 1. The number of hydrogen-bond donors (Lipinski definition) is 3. The first-order valence-corrected chi connectivity index (χ1v) is 7.45. The summed E-state index contributed by atoms with van der Waals surface area (Å²) < 4.78 is 12.2. The molecule has 1 saturated heterocycles. The Morgan fingerprint density at radius 1 is 1.27 bits per heavy atom. The van der Waals surface area contributed by atoms with Crippen LogP contribution in [0.25, 0.3) is 6.08 Å². The third-order valence-electron chi connectivity index (χ3n) is 4.34. The van der Waals surface area contributed by atoms with Crippen LogP contribution in [0.15, 0.2) is 23.7 Å². The van der Waals surface area contributed by atoms with Gasteiger partial charge in [-0.25, -0.2) is 0 Å². The second-order valence-corrected chi connectivity index (χ2v) is 6.66. The smallest absolute Gasteiger partial charge is 0.491 e. The highest BCUT2D eigenvalue weighted by Gasteiger charge is 2.52. The Bertz CT molecular complexity index is 569. The molecule has 1 aliphatic heterocycles. The molecule has 1 aromatic carbocycles. The minimum atomic E-state index is -0.410. The molecule has 0 radical (unpaired) electrons. The predicted octanol–water partition coefficient (Wildman–Crippen LogP) is 2.21. The first-order chi connectivity index (χ1) is 10.2. The van der Waals surface area contributed by atoms with E-state index in [9.17, 15) is 5.11 Å². The highest BCUT2D eigenvalue weighted by atomic mass is 16.7. The molecular weight excluding hydrogens is 279 g/mol. The lowest BCUT2D eigenvalue weighted by Crippen LogP contribution is -2.41. The van der Waals surface area contributed by atoms with Crippen molar-refractivity contribution < 1.29 is 14.4 Å². The lowest BCUT2D eigenvalue weighted by Gasteiger charge is -2.32. The molecule has 120 valence electrons. The number of phenolic OH excluding ortho intramolecular Hbond substituents is 1. The Labute approximate surface area is 132 Å². The summed E-state index contributed by atoms with van der Waals surface area (Å²) >= 11 is 0. The van der Waals surface area contributed by atoms with Gasteiger partial charge in [-0.3, -0.25) is 0 Å². The number of likely N-dealkylation sites (N-methyl/N-ethyl adjacent to an activating group) is 1. The molecule has 5 nitrogen and oxygen atoms in total. The van der Waals surface area contributed by atoms with Crippen molar-refractivity contribution in [2.45, 2.75) is 38.9 Å². The van der Waals surface area contributed by atoms with E-state index in [2.05, 4.69) is 5.32 Å². The zero-order valence-corrected chi connectivity index (χ0v) is 13.9. The molecular formula is C16H25BN2O3. The van der Waals surface area contributed by atoms with E-state index in [1.165, 1.54) is 0 Å². The van der Waals surface area contributed by atoms with Gasteiger partial charge in [0.15, 0.2) is 0 Å². The molecule has 0 bridgehead atoms. The number of rotatable bonds is 4. The van der Waals surface area contributed by atoms with E-state index in [-0.39, 0.29) is 17.0 Å². The zero-order chi connectivity index (χ0) is 16.5. The summed E-state index contributed by atoms with van der Waals surface area (Å²) in [5.41, 5.74) is 7.23. The van der Waals surface area contributed by atoms with Crippen molar-refractivity contribution in [1.29, 1.82) is 0 Å². The largest absolute Gasteiger partial charge is 0.506 e. The topological polar surface area (TPSA) is 76.7 Å². The summed E-state index contributed by atoms with van der Waals surface area (Å²) in [5.74, 6) is 0.0861. The normalized spacial score (nSPS) is 20.4. The molecule has 1 fully saturated rings. The standard InChI is InChI=1S/C16H25BN2O3/c1-15(2)16(3,4)22-17(21-15)12(10-19-5)8-11-6-7-14(20)13(18)9-11/h6-9,19-20H,10,18H2,1-5H3. The van der Waals surface area contributed by atoms with Crippen molar-refractivity contribution in [3.8, 4) is 5.75 Å². The molecule has 0 unspecified atom stereocenters. The summed E-state index contributed by atoms with van der Waals surface area (Å²) in [6.07, 6.45) is 1.98. The van der Waals surface area contributed by atoms with Crippen LogP contribution in [0.1, 0.15) is 33.3 Å². The molecule has 0 aromatic heterocycles.